The molecule has 0 aromatic carbocycles. The van der Waals surface area contributed by atoms with Gasteiger partial charge in [0.25, 0.3) is 0 Å². The lowest BCUT2D eigenvalue weighted by molar-refractivity contribution is 0.199. The van der Waals surface area contributed by atoms with E-state index in [1.165, 1.54) is 25.8 Å². The van der Waals surface area contributed by atoms with Crippen molar-refractivity contribution in [3.05, 3.63) is 0 Å². The topological polar surface area (TPSA) is 21.3 Å². The van der Waals surface area contributed by atoms with E-state index < -0.39 is 0 Å². The summed E-state index contributed by atoms with van der Waals surface area (Å²) in [5.74, 6) is 0. The largest absolute Gasteiger partial charge is 0.380 e. The van der Waals surface area contributed by atoms with E-state index in [9.17, 15) is 0 Å². The van der Waals surface area contributed by atoms with E-state index in [2.05, 4.69) is 5.32 Å². The molecule has 0 aromatic heterocycles. The monoisotopic (exact) mass is 205 g/mol. The van der Waals surface area contributed by atoms with Crippen LogP contribution in [0.4, 0.5) is 0 Å². The standard InChI is InChI=1S/C8H15NOS2/c1-2-8(9-4-1)12-11-7-3-5-10-6-7/h7-9H,1-6H2. The van der Waals surface area contributed by atoms with Gasteiger partial charge in [-0.05, 0) is 25.8 Å². The van der Waals surface area contributed by atoms with Gasteiger partial charge in [-0.15, -0.1) is 0 Å². The molecule has 2 fully saturated rings. The summed E-state index contributed by atoms with van der Waals surface area (Å²) in [6, 6.07) is 0. The first-order valence-corrected chi connectivity index (χ1v) is 6.86. The Hall–Kier alpha value is 0.620. The molecule has 2 unspecified atom stereocenters. The van der Waals surface area contributed by atoms with Crippen molar-refractivity contribution in [2.24, 2.45) is 0 Å². The summed E-state index contributed by atoms with van der Waals surface area (Å²) in [6.45, 7) is 3.14. The van der Waals surface area contributed by atoms with Crippen LogP contribution >= 0.6 is 21.6 Å². The third kappa shape index (κ3) is 2.55. The summed E-state index contributed by atoms with van der Waals surface area (Å²) in [7, 11) is 4.02. The number of nitrogens with one attached hydrogen (secondary N) is 1. The fourth-order valence-electron chi connectivity index (χ4n) is 1.47. The third-order valence-electron chi connectivity index (χ3n) is 2.21. The Morgan fingerprint density at radius 1 is 1.25 bits per heavy atom. The van der Waals surface area contributed by atoms with Gasteiger partial charge < -0.3 is 10.1 Å². The fourth-order valence-corrected chi connectivity index (χ4v) is 4.38. The van der Waals surface area contributed by atoms with Crippen LogP contribution in [0.25, 0.3) is 0 Å². The highest BCUT2D eigenvalue weighted by Gasteiger charge is 2.20. The van der Waals surface area contributed by atoms with Crippen molar-refractivity contribution in [3.63, 3.8) is 0 Å². The van der Waals surface area contributed by atoms with Gasteiger partial charge in [0.2, 0.25) is 0 Å². The van der Waals surface area contributed by atoms with Gasteiger partial charge in [-0.2, -0.15) is 0 Å². The van der Waals surface area contributed by atoms with Crippen LogP contribution in [-0.4, -0.2) is 30.4 Å². The van der Waals surface area contributed by atoms with Crippen LogP contribution in [-0.2, 0) is 4.74 Å². The van der Waals surface area contributed by atoms with Crippen LogP contribution in [0.2, 0.25) is 0 Å². The van der Waals surface area contributed by atoms with Gasteiger partial charge in [-0.3, -0.25) is 0 Å². The second kappa shape index (κ2) is 4.74. The molecule has 0 saturated carbocycles. The predicted molar refractivity (Wildman–Crippen MR) is 55.4 cm³/mol. The normalized spacial score (nSPS) is 36.0. The lowest BCUT2D eigenvalue weighted by Crippen LogP contribution is -2.16. The van der Waals surface area contributed by atoms with Gasteiger partial charge in [0.1, 0.15) is 0 Å². The van der Waals surface area contributed by atoms with E-state index in [4.69, 9.17) is 4.74 Å². The molecule has 2 nitrogen and oxygen atoms in total. The Labute approximate surface area is 81.6 Å². The fraction of sp³-hybridized carbons (Fsp3) is 1.00. The SMILES string of the molecule is C1CNC(SSC2CCOC2)C1. The van der Waals surface area contributed by atoms with Crippen molar-refractivity contribution >= 4 is 21.6 Å². The van der Waals surface area contributed by atoms with Gasteiger partial charge in [-0.1, -0.05) is 21.6 Å². The number of hydrogen-bond acceptors (Lipinski definition) is 4. The van der Waals surface area contributed by atoms with Gasteiger partial charge in [-0.25, -0.2) is 0 Å². The number of rotatable bonds is 3. The second-order valence-electron chi connectivity index (χ2n) is 3.26. The van der Waals surface area contributed by atoms with Crippen molar-refractivity contribution in [2.75, 3.05) is 19.8 Å². The highest BCUT2D eigenvalue weighted by atomic mass is 33.1. The number of hydrogen-bond donors (Lipinski definition) is 1. The van der Waals surface area contributed by atoms with E-state index in [0.717, 1.165) is 18.5 Å². The van der Waals surface area contributed by atoms with Gasteiger partial charge in [0.15, 0.2) is 0 Å². The minimum absolute atomic E-state index is 0.704. The Bertz CT molecular complexity index is 117. The summed E-state index contributed by atoms with van der Waals surface area (Å²) in [4.78, 5) is 0. The molecule has 2 aliphatic rings. The maximum Gasteiger partial charge on any atom is 0.0637 e. The smallest absolute Gasteiger partial charge is 0.0637 e. The quantitative estimate of drug-likeness (QED) is 0.710. The molecule has 0 radical (unpaired) electrons. The molecular weight excluding hydrogens is 190 g/mol. The van der Waals surface area contributed by atoms with Gasteiger partial charge in [0, 0.05) is 11.9 Å². The maximum atomic E-state index is 5.32. The third-order valence-corrected chi connectivity index (χ3v) is 5.45. The molecule has 2 heterocycles. The summed E-state index contributed by atoms with van der Waals surface area (Å²) in [5.41, 5.74) is 0. The van der Waals surface area contributed by atoms with Gasteiger partial charge >= 0.3 is 0 Å². The summed E-state index contributed by atoms with van der Waals surface area (Å²) in [6.07, 6.45) is 3.93. The Morgan fingerprint density at radius 2 is 2.25 bits per heavy atom. The molecule has 4 heteroatoms. The average molecular weight is 205 g/mol. The first-order chi connectivity index (χ1) is 5.95. The molecule has 70 valence electrons. The van der Waals surface area contributed by atoms with Crippen LogP contribution < -0.4 is 5.32 Å². The summed E-state index contributed by atoms with van der Waals surface area (Å²) < 4.78 is 5.32. The minimum atomic E-state index is 0.704. The molecule has 0 amide bonds. The highest BCUT2D eigenvalue weighted by molar-refractivity contribution is 8.77. The predicted octanol–water partition coefficient (Wildman–Crippen LogP) is 1.87. The zero-order valence-electron chi connectivity index (χ0n) is 7.12. The molecule has 2 atom stereocenters. The Kier molecular flexibility index (Phi) is 3.63. The molecule has 2 rings (SSSR count). The zero-order chi connectivity index (χ0) is 8.23. The Morgan fingerprint density at radius 3 is 2.92 bits per heavy atom. The van der Waals surface area contributed by atoms with Crippen LogP contribution in [0.5, 0.6) is 0 Å². The van der Waals surface area contributed by atoms with Crippen molar-refractivity contribution < 1.29 is 4.74 Å². The molecule has 0 aromatic rings. The molecule has 0 bridgehead atoms. The average Bonchev–Trinajstić information content (AvgIpc) is 2.74. The maximum absolute atomic E-state index is 5.32. The summed E-state index contributed by atoms with van der Waals surface area (Å²) in [5, 5.41) is 4.93. The van der Waals surface area contributed by atoms with Crippen LogP contribution in [0, 0.1) is 0 Å². The second-order valence-corrected chi connectivity index (χ2v) is 6.04. The first-order valence-electron chi connectivity index (χ1n) is 4.58. The molecule has 0 spiro atoms. The van der Waals surface area contributed by atoms with Gasteiger partial charge in [0.05, 0.1) is 12.0 Å². The molecule has 2 saturated heterocycles. The molecule has 12 heavy (non-hydrogen) atoms. The van der Waals surface area contributed by atoms with E-state index in [1.54, 1.807) is 0 Å². The van der Waals surface area contributed by atoms with Crippen LogP contribution in [0.15, 0.2) is 0 Å². The molecule has 1 N–H and O–H groups in total. The lowest BCUT2D eigenvalue weighted by Gasteiger charge is -2.11. The van der Waals surface area contributed by atoms with E-state index >= 15 is 0 Å². The van der Waals surface area contributed by atoms with Crippen LogP contribution in [0.1, 0.15) is 19.3 Å². The lowest BCUT2D eigenvalue weighted by atomic mass is 10.4. The summed E-state index contributed by atoms with van der Waals surface area (Å²) >= 11 is 0. The number of ether oxygens (including phenoxy) is 1. The van der Waals surface area contributed by atoms with Crippen molar-refractivity contribution in [3.8, 4) is 0 Å². The van der Waals surface area contributed by atoms with Crippen LogP contribution in [0.3, 0.4) is 0 Å². The molecular formula is C8H15NOS2. The van der Waals surface area contributed by atoms with E-state index in [-0.39, 0.29) is 0 Å². The van der Waals surface area contributed by atoms with E-state index in [1.807, 2.05) is 21.6 Å². The molecule has 0 aliphatic carbocycles. The van der Waals surface area contributed by atoms with Crippen molar-refractivity contribution in [1.82, 2.24) is 5.32 Å². The van der Waals surface area contributed by atoms with Crippen molar-refractivity contribution in [2.45, 2.75) is 29.9 Å². The van der Waals surface area contributed by atoms with Crippen molar-refractivity contribution in [1.29, 1.82) is 0 Å². The minimum Gasteiger partial charge on any atom is -0.380 e. The van der Waals surface area contributed by atoms with E-state index in [0.29, 0.717) is 5.37 Å². The first kappa shape index (κ1) is 9.19. The Balaban J connectivity index is 1.60. The zero-order valence-corrected chi connectivity index (χ0v) is 8.76. The molecule has 2 aliphatic heterocycles. The highest BCUT2D eigenvalue weighted by Crippen LogP contribution is 2.36.